The van der Waals surface area contributed by atoms with Crippen LogP contribution in [0.2, 0.25) is 0 Å². The summed E-state index contributed by atoms with van der Waals surface area (Å²) in [5.74, 6) is 2.08. The van der Waals surface area contributed by atoms with E-state index in [9.17, 15) is 0 Å². The van der Waals surface area contributed by atoms with Gasteiger partial charge in [-0.2, -0.15) is 0 Å². The highest BCUT2D eigenvalue weighted by Gasteiger charge is 2.40. The largest absolute Gasteiger partial charge is 0.456 e. The molecule has 0 saturated carbocycles. The van der Waals surface area contributed by atoms with Gasteiger partial charge in [0.15, 0.2) is 0 Å². The predicted molar refractivity (Wildman–Crippen MR) is 195 cm³/mol. The monoisotopic (exact) mass is 608 g/mol. The van der Waals surface area contributed by atoms with Crippen LogP contribution in [-0.2, 0) is 11.2 Å². The van der Waals surface area contributed by atoms with E-state index < -0.39 is 6.89 Å². The lowest BCUT2D eigenvalue weighted by Crippen LogP contribution is -2.33. The van der Waals surface area contributed by atoms with E-state index in [1.807, 2.05) is 0 Å². The number of ether oxygens (including phenoxy) is 1. The zero-order chi connectivity index (χ0) is 30.5. The van der Waals surface area contributed by atoms with Crippen molar-refractivity contribution < 1.29 is 4.74 Å². The number of benzene rings is 6. The number of aryl methyl sites for hydroxylation is 1. The fourth-order valence-corrected chi connectivity index (χ4v) is 12.5. The van der Waals surface area contributed by atoms with Gasteiger partial charge in [0.1, 0.15) is 11.5 Å². The van der Waals surface area contributed by atoms with Crippen molar-refractivity contribution in [1.29, 1.82) is 0 Å². The number of hydrogen-bond donors (Lipinski definition) is 0. The Morgan fingerprint density at radius 3 is 1.35 bits per heavy atom. The quantitative estimate of drug-likeness (QED) is 0.182. The molecule has 6 aromatic carbocycles. The fourth-order valence-electron chi connectivity index (χ4n) is 7.89. The number of fused-ring (bicyclic) bond motifs is 5. The van der Waals surface area contributed by atoms with E-state index in [0.717, 1.165) is 30.8 Å². The number of rotatable bonds is 3. The highest BCUT2D eigenvalue weighted by Crippen LogP contribution is 2.56. The van der Waals surface area contributed by atoms with Crippen LogP contribution >= 0.6 is 6.89 Å². The summed E-state index contributed by atoms with van der Waals surface area (Å²) in [5, 5.41) is 5.45. The number of allylic oxidation sites excluding steroid dienone is 2. The minimum absolute atomic E-state index is 0.874. The first-order valence-corrected chi connectivity index (χ1v) is 18.0. The first-order chi connectivity index (χ1) is 22.8. The van der Waals surface area contributed by atoms with E-state index in [-0.39, 0.29) is 0 Å². The summed E-state index contributed by atoms with van der Waals surface area (Å²) in [4.78, 5) is 0. The van der Waals surface area contributed by atoms with Gasteiger partial charge in [0.05, 0.1) is 0 Å². The fraction of sp³-hybridized carbons (Fsp3) is 0.0682. The molecule has 1 aliphatic heterocycles. The molecule has 0 amide bonds. The van der Waals surface area contributed by atoms with Crippen LogP contribution in [0.5, 0.6) is 0 Å². The maximum atomic E-state index is 7.55. The summed E-state index contributed by atoms with van der Waals surface area (Å²) < 4.78 is 7.55. The molecular weight excluding hydrogens is 575 g/mol. The van der Waals surface area contributed by atoms with Crippen molar-refractivity contribution in [1.82, 2.24) is 0 Å². The minimum atomic E-state index is -2.41. The average molecular weight is 609 g/mol. The molecule has 9 rings (SSSR count). The third-order valence-corrected chi connectivity index (χ3v) is 14.3. The molecule has 0 spiro atoms. The van der Waals surface area contributed by atoms with Gasteiger partial charge in [0, 0.05) is 22.9 Å². The lowest BCUT2D eigenvalue weighted by Gasteiger charge is -2.38. The van der Waals surface area contributed by atoms with Gasteiger partial charge in [0.25, 0.3) is 0 Å². The van der Waals surface area contributed by atoms with Crippen LogP contribution in [0.4, 0.5) is 0 Å². The second-order valence-electron chi connectivity index (χ2n) is 12.3. The van der Waals surface area contributed by atoms with Crippen LogP contribution in [0.3, 0.4) is 0 Å². The molecule has 2 aliphatic carbocycles. The molecule has 0 fully saturated rings. The molecule has 6 aromatic rings. The van der Waals surface area contributed by atoms with Gasteiger partial charge < -0.3 is 4.74 Å². The Balaban J connectivity index is 1.51. The van der Waals surface area contributed by atoms with Gasteiger partial charge in [-0.15, -0.1) is 0 Å². The molecule has 220 valence electrons. The van der Waals surface area contributed by atoms with Crippen molar-refractivity contribution >= 4 is 39.4 Å². The van der Waals surface area contributed by atoms with Gasteiger partial charge in [-0.1, -0.05) is 164 Å². The SMILES string of the molecule is c1ccc(P(=C2CC3=C(OC2=C2c4ccccc4-c4ccccc42)c2ccccc2CC3)(c2ccccc2)c2ccccc2)cc1. The van der Waals surface area contributed by atoms with Gasteiger partial charge >= 0.3 is 0 Å². The van der Waals surface area contributed by atoms with E-state index in [4.69, 9.17) is 4.74 Å². The van der Waals surface area contributed by atoms with E-state index in [0.29, 0.717) is 0 Å². The van der Waals surface area contributed by atoms with Gasteiger partial charge in [-0.05, 0) is 69.0 Å². The number of hydrogen-bond acceptors (Lipinski definition) is 1. The van der Waals surface area contributed by atoms with Crippen LogP contribution in [-0.4, -0.2) is 5.29 Å². The smallest absolute Gasteiger partial charge is 0.140 e. The Bertz CT molecular complexity index is 2090. The Kier molecular flexibility index (Phi) is 6.54. The zero-order valence-corrected chi connectivity index (χ0v) is 26.5. The highest BCUT2D eigenvalue weighted by atomic mass is 31.2. The molecule has 0 aromatic heterocycles. The van der Waals surface area contributed by atoms with Crippen molar-refractivity contribution in [3.05, 3.63) is 197 Å². The lowest BCUT2D eigenvalue weighted by molar-refractivity contribution is 0.396. The molecule has 0 radical (unpaired) electrons. The maximum absolute atomic E-state index is 7.55. The summed E-state index contributed by atoms with van der Waals surface area (Å²) in [6.45, 7) is -2.41. The second kappa shape index (κ2) is 11.1. The van der Waals surface area contributed by atoms with Crippen LogP contribution < -0.4 is 15.9 Å². The van der Waals surface area contributed by atoms with Gasteiger partial charge in [0.2, 0.25) is 0 Å². The van der Waals surface area contributed by atoms with Crippen LogP contribution in [0.25, 0.3) is 22.5 Å². The van der Waals surface area contributed by atoms with E-state index in [1.54, 1.807) is 0 Å². The van der Waals surface area contributed by atoms with E-state index in [1.165, 1.54) is 65.7 Å². The van der Waals surface area contributed by atoms with Crippen molar-refractivity contribution in [3.63, 3.8) is 0 Å². The van der Waals surface area contributed by atoms with Gasteiger partial charge in [-0.25, -0.2) is 0 Å². The van der Waals surface area contributed by atoms with Crippen molar-refractivity contribution in [3.8, 4) is 11.1 Å². The third-order valence-electron chi connectivity index (χ3n) is 9.87. The molecule has 0 bridgehead atoms. The Morgan fingerprint density at radius 2 is 0.826 bits per heavy atom. The third kappa shape index (κ3) is 4.09. The average Bonchev–Trinajstić information content (AvgIpc) is 3.47. The Hall–Kier alpha value is -5.10. The summed E-state index contributed by atoms with van der Waals surface area (Å²) in [6.07, 6.45) is 2.92. The molecule has 1 heterocycles. The summed E-state index contributed by atoms with van der Waals surface area (Å²) in [5.41, 5.74) is 10.3. The lowest BCUT2D eigenvalue weighted by atomic mass is 9.86. The summed E-state index contributed by atoms with van der Waals surface area (Å²) in [6, 6.07) is 60.3. The maximum Gasteiger partial charge on any atom is 0.140 e. The predicted octanol–water partition coefficient (Wildman–Crippen LogP) is 9.37. The Morgan fingerprint density at radius 1 is 0.391 bits per heavy atom. The first-order valence-electron chi connectivity index (χ1n) is 16.2. The molecule has 0 N–H and O–H groups in total. The summed E-state index contributed by atoms with van der Waals surface area (Å²) in [7, 11) is 0. The molecule has 0 unspecified atom stereocenters. The van der Waals surface area contributed by atoms with Gasteiger partial charge in [-0.3, -0.25) is 0 Å². The summed E-state index contributed by atoms with van der Waals surface area (Å²) >= 11 is 0. The van der Waals surface area contributed by atoms with Crippen molar-refractivity contribution in [2.24, 2.45) is 0 Å². The molecule has 0 saturated heterocycles. The Labute approximate surface area is 271 Å². The zero-order valence-electron chi connectivity index (χ0n) is 25.6. The topological polar surface area (TPSA) is 9.23 Å². The van der Waals surface area contributed by atoms with Crippen molar-refractivity contribution in [2.45, 2.75) is 19.3 Å². The standard InChI is InChI=1S/C44H33OP/c1-4-17-33(18-5-1)46(34-19-6-2-7-20-34,35-21-8-3-9-22-35)41-30-32-29-28-31-16-10-11-23-36(31)43(32)45-44(41)42-39-26-14-12-24-37(39)38-25-13-15-27-40(38)42/h1-27H,28-30H2. The highest BCUT2D eigenvalue weighted by molar-refractivity contribution is 7.95. The molecule has 2 heteroatoms. The molecule has 0 atom stereocenters. The first kappa shape index (κ1) is 27.2. The van der Waals surface area contributed by atoms with Crippen LogP contribution in [0.1, 0.15) is 35.1 Å². The molecule has 1 nitrogen and oxygen atoms in total. The molecular formula is C44H33OP. The van der Waals surface area contributed by atoms with Crippen LogP contribution in [0.15, 0.2) is 175 Å². The minimum Gasteiger partial charge on any atom is -0.456 e. The van der Waals surface area contributed by atoms with Crippen LogP contribution in [0, 0.1) is 0 Å². The second-order valence-corrected chi connectivity index (χ2v) is 15.7. The molecule has 3 aliphatic rings. The van der Waals surface area contributed by atoms with E-state index in [2.05, 4.69) is 164 Å². The van der Waals surface area contributed by atoms with E-state index >= 15 is 0 Å². The normalized spacial score (nSPS) is 15.1. The molecule has 46 heavy (non-hydrogen) atoms. The van der Waals surface area contributed by atoms with Crippen molar-refractivity contribution in [2.75, 3.05) is 0 Å².